The Bertz CT molecular complexity index is 412. The molecule has 0 spiro atoms. The van der Waals surface area contributed by atoms with Crippen molar-refractivity contribution in [2.45, 2.75) is 52.0 Å². The summed E-state index contributed by atoms with van der Waals surface area (Å²) in [5, 5.41) is 3.75. The molecule has 0 aliphatic heterocycles. The van der Waals surface area contributed by atoms with Crippen LogP contribution in [-0.4, -0.2) is 20.1 Å². The summed E-state index contributed by atoms with van der Waals surface area (Å²) in [5.41, 5.74) is 2.54. The van der Waals surface area contributed by atoms with Gasteiger partial charge in [0.05, 0.1) is 0 Å². The van der Waals surface area contributed by atoms with E-state index in [2.05, 4.69) is 62.4 Å². The standard InChI is InChI=1S/C18H30N2/c1-14(2)11-15-7-5-8-16(12-15)19-17-9-6-10-18(13-17)20(3)4/h6,9-10,13-16,19H,5,7-8,11-12H2,1-4H3. The highest BCUT2D eigenvalue weighted by atomic mass is 15.1. The molecule has 1 aromatic rings. The zero-order chi connectivity index (χ0) is 14.5. The molecule has 20 heavy (non-hydrogen) atoms. The highest BCUT2D eigenvalue weighted by Crippen LogP contribution is 2.31. The molecule has 0 amide bonds. The van der Waals surface area contributed by atoms with Crippen molar-refractivity contribution in [3.63, 3.8) is 0 Å². The molecule has 2 nitrogen and oxygen atoms in total. The van der Waals surface area contributed by atoms with Gasteiger partial charge in [0.15, 0.2) is 0 Å². The number of anilines is 2. The Hall–Kier alpha value is -1.18. The largest absolute Gasteiger partial charge is 0.382 e. The quantitative estimate of drug-likeness (QED) is 0.832. The molecule has 0 saturated heterocycles. The van der Waals surface area contributed by atoms with Gasteiger partial charge in [0.1, 0.15) is 0 Å². The maximum absolute atomic E-state index is 3.75. The summed E-state index contributed by atoms with van der Waals surface area (Å²) in [6, 6.07) is 9.41. The van der Waals surface area contributed by atoms with Gasteiger partial charge in [-0.25, -0.2) is 0 Å². The number of benzene rings is 1. The zero-order valence-corrected chi connectivity index (χ0v) is 13.5. The molecule has 0 aromatic heterocycles. The summed E-state index contributed by atoms with van der Waals surface area (Å²) in [7, 11) is 4.19. The van der Waals surface area contributed by atoms with Crippen LogP contribution in [0.15, 0.2) is 24.3 Å². The predicted molar refractivity (Wildman–Crippen MR) is 89.6 cm³/mol. The van der Waals surface area contributed by atoms with E-state index in [1.807, 2.05) is 0 Å². The Morgan fingerprint density at radius 3 is 2.75 bits per heavy atom. The second kappa shape index (κ2) is 7.01. The molecular formula is C18H30N2. The van der Waals surface area contributed by atoms with Gasteiger partial charge < -0.3 is 10.2 Å². The molecule has 0 radical (unpaired) electrons. The van der Waals surface area contributed by atoms with Crippen molar-refractivity contribution in [1.82, 2.24) is 0 Å². The van der Waals surface area contributed by atoms with Gasteiger partial charge in [0.2, 0.25) is 0 Å². The number of hydrogen-bond acceptors (Lipinski definition) is 2. The van der Waals surface area contributed by atoms with Crippen LogP contribution in [0, 0.1) is 11.8 Å². The third-order valence-electron chi connectivity index (χ3n) is 4.32. The van der Waals surface area contributed by atoms with Crippen molar-refractivity contribution in [3.05, 3.63) is 24.3 Å². The van der Waals surface area contributed by atoms with Crippen molar-refractivity contribution >= 4 is 11.4 Å². The van der Waals surface area contributed by atoms with Crippen LogP contribution in [0.3, 0.4) is 0 Å². The third kappa shape index (κ3) is 4.43. The summed E-state index contributed by atoms with van der Waals surface area (Å²) in [6.45, 7) is 4.69. The van der Waals surface area contributed by atoms with E-state index in [9.17, 15) is 0 Å². The van der Waals surface area contributed by atoms with Gasteiger partial charge in [0, 0.05) is 31.5 Å². The van der Waals surface area contributed by atoms with E-state index in [1.165, 1.54) is 43.5 Å². The molecule has 1 aliphatic rings. The molecule has 1 N–H and O–H groups in total. The van der Waals surface area contributed by atoms with Crippen LogP contribution in [0.4, 0.5) is 11.4 Å². The molecule has 2 atom stereocenters. The molecule has 2 unspecified atom stereocenters. The smallest absolute Gasteiger partial charge is 0.0381 e. The van der Waals surface area contributed by atoms with E-state index in [0.29, 0.717) is 6.04 Å². The van der Waals surface area contributed by atoms with Crippen LogP contribution < -0.4 is 10.2 Å². The molecule has 0 heterocycles. The normalized spacial score (nSPS) is 22.9. The minimum Gasteiger partial charge on any atom is -0.382 e. The SMILES string of the molecule is CC(C)CC1CCCC(Nc2cccc(N(C)C)c2)C1. The van der Waals surface area contributed by atoms with Crippen LogP contribution >= 0.6 is 0 Å². The fourth-order valence-corrected chi connectivity index (χ4v) is 3.41. The molecular weight excluding hydrogens is 244 g/mol. The molecule has 0 bridgehead atoms. The van der Waals surface area contributed by atoms with Crippen molar-refractivity contribution in [1.29, 1.82) is 0 Å². The first kappa shape index (κ1) is 15.2. The second-order valence-corrected chi connectivity index (χ2v) is 6.95. The van der Waals surface area contributed by atoms with Crippen LogP contribution in [0.1, 0.15) is 46.0 Å². The fraction of sp³-hybridized carbons (Fsp3) is 0.667. The average Bonchev–Trinajstić information content (AvgIpc) is 2.38. The molecule has 2 heteroatoms. The van der Waals surface area contributed by atoms with Gasteiger partial charge in [-0.15, -0.1) is 0 Å². The topological polar surface area (TPSA) is 15.3 Å². The highest BCUT2D eigenvalue weighted by Gasteiger charge is 2.22. The van der Waals surface area contributed by atoms with E-state index in [-0.39, 0.29) is 0 Å². The third-order valence-corrected chi connectivity index (χ3v) is 4.32. The van der Waals surface area contributed by atoms with Crippen molar-refractivity contribution in [2.24, 2.45) is 11.8 Å². The van der Waals surface area contributed by atoms with Crippen LogP contribution in [0.25, 0.3) is 0 Å². The molecule has 2 rings (SSSR count). The van der Waals surface area contributed by atoms with E-state index in [0.717, 1.165) is 11.8 Å². The fourth-order valence-electron chi connectivity index (χ4n) is 3.41. The van der Waals surface area contributed by atoms with E-state index in [1.54, 1.807) is 0 Å². The van der Waals surface area contributed by atoms with E-state index < -0.39 is 0 Å². The van der Waals surface area contributed by atoms with Crippen molar-refractivity contribution < 1.29 is 0 Å². The van der Waals surface area contributed by atoms with Crippen LogP contribution in [0.5, 0.6) is 0 Å². The van der Waals surface area contributed by atoms with Crippen LogP contribution in [0.2, 0.25) is 0 Å². The van der Waals surface area contributed by atoms with E-state index >= 15 is 0 Å². The number of nitrogens with one attached hydrogen (secondary N) is 1. The Morgan fingerprint density at radius 1 is 1.25 bits per heavy atom. The van der Waals surface area contributed by atoms with Gasteiger partial charge in [-0.1, -0.05) is 32.8 Å². The minimum atomic E-state index is 0.657. The number of rotatable bonds is 5. The molecule has 1 saturated carbocycles. The first-order valence-electron chi connectivity index (χ1n) is 8.08. The molecule has 1 aromatic carbocycles. The number of hydrogen-bond donors (Lipinski definition) is 1. The lowest BCUT2D eigenvalue weighted by Crippen LogP contribution is -2.28. The Balaban J connectivity index is 1.93. The van der Waals surface area contributed by atoms with Crippen LogP contribution in [-0.2, 0) is 0 Å². The summed E-state index contributed by atoms with van der Waals surface area (Å²) in [4.78, 5) is 2.16. The minimum absolute atomic E-state index is 0.657. The maximum atomic E-state index is 3.75. The summed E-state index contributed by atoms with van der Waals surface area (Å²) in [5.74, 6) is 1.74. The number of nitrogens with zero attached hydrogens (tertiary/aromatic N) is 1. The van der Waals surface area contributed by atoms with Gasteiger partial charge in [-0.3, -0.25) is 0 Å². The van der Waals surface area contributed by atoms with Gasteiger partial charge >= 0.3 is 0 Å². The second-order valence-electron chi connectivity index (χ2n) is 6.95. The lowest BCUT2D eigenvalue weighted by Gasteiger charge is -2.31. The monoisotopic (exact) mass is 274 g/mol. The molecule has 1 aliphatic carbocycles. The van der Waals surface area contributed by atoms with Crippen molar-refractivity contribution in [3.8, 4) is 0 Å². The lowest BCUT2D eigenvalue weighted by atomic mass is 9.81. The predicted octanol–water partition coefficient (Wildman–Crippen LogP) is 4.77. The summed E-state index contributed by atoms with van der Waals surface area (Å²) >= 11 is 0. The first-order chi connectivity index (χ1) is 9.54. The lowest BCUT2D eigenvalue weighted by molar-refractivity contribution is 0.289. The highest BCUT2D eigenvalue weighted by molar-refractivity contribution is 5.57. The average molecular weight is 274 g/mol. The molecule has 112 valence electrons. The first-order valence-corrected chi connectivity index (χ1v) is 8.08. The zero-order valence-electron chi connectivity index (χ0n) is 13.5. The van der Waals surface area contributed by atoms with Gasteiger partial charge in [-0.2, -0.15) is 0 Å². The van der Waals surface area contributed by atoms with Gasteiger partial charge in [-0.05, 0) is 49.3 Å². The Kier molecular flexibility index (Phi) is 5.33. The van der Waals surface area contributed by atoms with E-state index in [4.69, 9.17) is 0 Å². The summed E-state index contributed by atoms with van der Waals surface area (Å²) < 4.78 is 0. The van der Waals surface area contributed by atoms with Gasteiger partial charge in [0.25, 0.3) is 0 Å². The molecule has 1 fully saturated rings. The maximum Gasteiger partial charge on any atom is 0.0381 e. The Morgan fingerprint density at radius 2 is 2.05 bits per heavy atom. The van der Waals surface area contributed by atoms with Crippen molar-refractivity contribution in [2.75, 3.05) is 24.3 Å². The summed E-state index contributed by atoms with van der Waals surface area (Å²) in [6.07, 6.45) is 6.84. The Labute approximate surface area is 124 Å².